The molecule has 1 aliphatic rings. The summed E-state index contributed by atoms with van der Waals surface area (Å²) in [5.74, 6) is 0.438. The standard InChI is InChI=1S/C23H21FN6O/c24-20-7-9-21(10-8-20)30-22(25-26-27-30)16-28-11-13-29(14-12-28)23(31)19-6-5-17-3-1-2-4-18(17)15-19/h1-10,15H,11-14,16H2. The Hall–Kier alpha value is -3.65. The van der Waals surface area contributed by atoms with Crippen LogP contribution in [0, 0.1) is 5.82 Å². The molecular formula is C23H21FN6O. The fraction of sp³-hybridized carbons (Fsp3) is 0.217. The van der Waals surface area contributed by atoms with Gasteiger partial charge in [-0.15, -0.1) is 5.10 Å². The van der Waals surface area contributed by atoms with E-state index in [9.17, 15) is 9.18 Å². The topological polar surface area (TPSA) is 67.2 Å². The minimum Gasteiger partial charge on any atom is -0.336 e. The van der Waals surface area contributed by atoms with Crippen molar-refractivity contribution >= 4 is 16.7 Å². The van der Waals surface area contributed by atoms with E-state index in [2.05, 4.69) is 20.4 Å². The van der Waals surface area contributed by atoms with E-state index in [0.29, 0.717) is 36.7 Å². The summed E-state index contributed by atoms with van der Waals surface area (Å²) >= 11 is 0. The first kappa shape index (κ1) is 19.3. The summed E-state index contributed by atoms with van der Waals surface area (Å²) in [5.41, 5.74) is 1.43. The molecule has 4 aromatic rings. The van der Waals surface area contributed by atoms with Gasteiger partial charge in [-0.05, 0) is 57.6 Å². The smallest absolute Gasteiger partial charge is 0.253 e. The highest BCUT2D eigenvalue weighted by atomic mass is 19.1. The van der Waals surface area contributed by atoms with Crippen molar-refractivity contribution in [1.29, 1.82) is 0 Å². The number of aromatic nitrogens is 4. The molecule has 5 rings (SSSR count). The molecule has 7 nitrogen and oxygen atoms in total. The van der Waals surface area contributed by atoms with Gasteiger partial charge in [0.2, 0.25) is 0 Å². The van der Waals surface area contributed by atoms with Crippen LogP contribution >= 0.6 is 0 Å². The van der Waals surface area contributed by atoms with Crippen molar-refractivity contribution < 1.29 is 9.18 Å². The second-order valence-corrected chi connectivity index (χ2v) is 7.61. The number of benzene rings is 3. The minimum absolute atomic E-state index is 0.0570. The zero-order chi connectivity index (χ0) is 21.2. The Morgan fingerprint density at radius 1 is 0.903 bits per heavy atom. The van der Waals surface area contributed by atoms with E-state index >= 15 is 0 Å². The molecule has 31 heavy (non-hydrogen) atoms. The van der Waals surface area contributed by atoms with E-state index < -0.39 is 0 Å². The lowest BCUT2D eigenvalue weighted by Crippen LogP contribution is -2.48. The fourth-order valence-electron chi connectivity index (χ4n) is 3.90. The third-order valence-electron chi connectivity index (χ3n) is 5.63. The average Bonchev–Trinajstić information content (AvgIpc) is 3.27. The molecule has 0 radical (unpaired) electrons. The van der Waals surface area contributed by atoms with Crippen molar-refractivity contribution in [2.45, 2.75) is 6.54 Å². The average molecular weight is 416 g/mol. The van der Waals surface area contributed by atoms with Crippen LogP contribution in [-0.2, 0) is 6.54 Å². The second kappa shape index (κ2) is 8.23. The number of tetrazole rings is 1. The summed E-state index contributed by atoms with van der Waals surface area (Å²) in [6.45, 7) is 3.31. The zero-order valence-electron chi connectivity index (χ0n) is 16.9. The van der Waals surface area contributed by atoms with Gasteiger partial charge in [-0.25, -0.2) is 4.39 Å². The van der Waals surface area contributed by atoms with Crippen molar-refractivity contribution in [3.05, 3.63) is 83.9 Å². The van der Waals surface area contributed by atoms with Gasteiger partial charge in [-0.1, -0.05) is 30.3 Å². The lowest BCUT2D eigenvalue weighted by Gasteiger charge is -2.34. The quantitative estimate of drug-likeness (QED) is 0.512. The first-order chi connectivity index (χ1) is 15.2. The number of carbonyl (C=O) groups excluding carboxylic acids is 1. The number of amides is 1. The first-order valence-electron chi connectivity index (χ1n) is 10.2. The van der Waals surface area contributed by atoms with Gasteiger partial charge in [0.25, 0.3) is 5.91 Å². The van der Waals surface area contributed by atoms with Crippen LogP contribution in [0.5, 0.6) is 0 Å². The van der Waals surface area contributed by atoms with Gasteiger partial charge in [0.1, 0.15) is 5.82 Å². The molecule has 0 atom stereocenters. The molecule has 1 aliphatic heterocycles. The normalized spacial score (nSPS) is 14.8. The Kier molecular flexibility index (Phi) is 5.13. The molecule has 8 heteroatoms. The number of hydrogen-bond acceptors (Lipinski definition) is 5. The van der Waals surface area contributed by atoms with Gasteiger partial charge in [-0.2, -0.15) is 4.68 Å². The molecule has 3 aromatic carbocycles. The minimum atomic E-state index is -0.300. The first-order valence-corrected chi connectivity index (χ1v) is 10.2. The van der Waals surface area contributed by atoms with Crippen LogP contribution in [0.15, 0.2) is 66.7 Å². The van der Waals surface area contributed by atoms with Gasteiger partial charge in [0, 0.05) is 31.7 Å². The van der Waals surface area contributed by atoms with Crippen molar-refractivity contribution in [3.8, 4) is 5.69 Å². The van der Waals surface area contributed by atoms with Crippen molar-refractivity contribution in [2.75, 3.05) is 26.2 Å². The van der Waals surface area contributed by atoms with Crippen LogP contribution in [0.2, 0.25) is 0 Å². The zero-order valence-corrected chi connectivity index (χ0v) is 16.9. The number of nitrogens with zero attached hydrogens (tertiary/aromatic N) is 6. The number of halogens is 1. The number of rotatable bonds is 4. The Labute approximate surface area is 178 Å². The van der Waals surface area contributed by atoms with Crippen molar-refractivity contribution in [1.82, 2.24) is 30.0 Å². The highest BCUT2D eigenvalue weighted by Crippen LogP contribution is 2.18. The molecule has 0 saturated carbocycles. The maximum Gasteiger partial charge on any atom is 0.253 e. The molecule has 1 amide bonds. The fourth-order valence-corrected chi connectivity index (χ4v) is 3.90. The van der Waals surface area contributed by atoms with Gasteiger partial charge in [0.15, 0.2) is 5.82 Å². The lowest BCUT2D eigenvalue weighted by molar-refractivity contribution is 0.0624. The SMILES string of the molecule is O=C(c1ccc2ccccc2c1)N1CCN(Cc2nnnn2-c2ccc(F)cc2)CC1. The third-order valence-corrected chi connectivity index (χ3v) is 5.63. The monoisotopic (exact) mass is 416 g/mol. The molecule has 0 aliphatic carbocycles. The van der Waals surface area contributed by atoms with E-state index in [4.69, 9.17) is 0 Å². The maximum absolute atomic E-state index is 13.2. The van der Waals surface area contributed by atoms with Gasteiger partial charge >= 0.3 is 0 Å². The summed E-state index contributed by atoms with van der Waals surface area (Å²) in [6, 6.07) is 20.0. The largest absolute Gasteiger partial charge is 0.336 e. The highest BCUT2D eigenvalue weighted by molar-refractivity contribution is 5.98. The maximum atomic E-state index is 13.2. The number of piperazine rings is 1. The highest BCUT2D eigenvalue weighted by Gasteiger charge is 2.23. The molecule has 0 bridgehead atoms. The van der Waals surface area contributed by atoms with E-state index in [-0.39, 0.29) is 11.7 Å². The Morgan fingerprint density at radius 3 is 2.42 bits per heavy atom. The van der Waals surface area contributed by atoms with E-state index in [1.807, 2.05) is 47.4 Å². The summed E-state index contributed by atoms with van der Waals surface area (Å²) < 4.78 is 14.8. The van der Waals surface area contributed by atoms with Crippen molar-refractivity contribution in [2.24, 2.45) is 0 Å². The van der Waals surface area contributed by atoms with Crippen LogP contribution in [0.4, 0.5) is 4.39 Å². The molecule has 1 fully saturated rings. The number of carbonyl (C=O) groups is 1. The van der Waals surface area contributed by atoms with Gasteiger partial charge < -0.3 is 4.90 Å². The molecule has 0 N–H and O–H groups in total. The van der Waals surface area contributed by atoms with E-state index in [0.717, 1.165) is 23.9 Å². The molecule has 1 saturated heterocycles. The van der Waals surface area contributed by atoms with E-state index in [1.165, 1.54) is 12.1 Å². The summed E-state index contributed by atoms with van der Waals surface area (Å²) in [5, 5.41) is 14.1. The molecule has 2 heterocycles. The molecule has 0 unspecified atom stereocenters. The van der Waals surface area contributed by atoms with Crippen LogP contribution < -0.4 is 0 Å². The Bertz CT molecular complexity index is 1210. The molecule has 156 valence electrons. The predicted octanol–water partition coefficient (Wildman–Crippen LogP) is 2.91. The molecular weight excluding hydrogens is 395 g/mol. The number of fused-ring (bicyclic) bond motifs is 1. The summed E-state index contributed by atoms with van der Waals surface area (Å²) in [6.07, 6.45) is 0. The summed E-state index contributed by atoms with van der Waals surface area (Å²) in [4.78, 5) is 17.1. The number of hydrogen-bond donors (Lipinski definition) is 0. The van der Waals surface area contributed by atoms with Crippen LogP contribution in [-0.4, -0.2) is 62.1 Å². The molecule has 0 spiro atoms. The lowest BCUT2D eigenvalue weighted by atomic mass is 10.1. The predicted molar refractivity (Wildman–Crippen MR) is 114 cm³/mol. The Morgan fingerprint density at radius 2 is 1.65 bits per heavy atom. The van der Waals surface area contributed by atoms with Crippen molar-refractivity contribution in [3.63, 3.8) is 0 Å². The third kappa shape index (κ3) is 4.02. The summed E-state index contributed by atoms with van der Waals surface area (Å²) in [7, 11) is 0. The van der Waals surface area contributed by atoms with Crippen LogP contribution in [0.3, 0.4) is 0 Å². The van der Waals surface area contributed by atoms with Crippen LogP contribution in [0.25, 0.3) is 16.5 Å². The van der Waals surface area contributed by atoms with E-state index in [1.54, 1.807) is 16.8 Å². The Balaban J connectivity index is 1.23. The molecule has 1 aromatic heterocycles. The van der Waals surface area contributed by atoms with Gasteiger partial charge in [-0.3, -0.25) is 9.69 Å². The van der Waals surface area contributed by atoms with Gasteiger partial charge in [0.05, 0.1) is 12.2 Å². The second-order valence-electron chi connectivity index (χ2n) is 7.61. The van der Waals surface area contributed by atoms with Crippen LogP contribution in [0.1, 0.15) is 16.2 Å².